The highest BCUT2D eigenvalue weighted by molar-refractivity contribution is 5.97. The number of nitrogens with zero attached hydrogens (tertiary/aromatic N) is 3. The molecule has 1 aliphatic rings. The van der Waals surface area contributed by atoms with Crippen LogP contribution in [0.1, 0.15) is 47.1 Å². The van der Waals surface area contributed by atoms with E-state index in [1.807, 2.05) is 25.1 Å². The molecule has 2 N–H and O–H groups in total. The van der Waals surface area contributed by atoms with Crippen molar-refractivity contribution in [3.05, 3.63) is 59.3 Å². The summed E-state index contributed by atoms with van der Waals surface area (Å²) >= 11 is 0. The van der Waals surface area contributed by atoms with E-state index in [0.29, 0.717) is 17.7 Å². The van der Waals surface area contributed by atoms with Crippen LogP contribution in [0.25, 0.3) is 0 Å². The fraction of sp³-hybridized carbons (Fsp3) is 0.423. The lowest BCUT2D eigenvalue weighted by Crippen LogP contribution is -2.50. The summed E-state index contributed by atoms with van der Waals surface area (Å²) < 4.78 is 6.21. The molecule has 3 rings (SSSR count). The number of aliphatic hydroxyl groups excluding tert-OH is 2. The summed E-state index contributed by atoms with van der Waals surface area (Å²) in [5.41, 5.74) is 1.27. The second-order valence-corrected chi connectivity index (χ2v) is 8.70. The van der Waals surface area contributed by atoms with Crippen molar-refractivity contribution in [2.45, 2.75) is 39.0 Å². The summed E-state index contributed by atoms with van der Waals surface area (Å²) in [6.45, 7) is 5.70. The zero-order chi connectivity index (χ0) is 24.8. The van der Waals surface area contributed by atoms with Gasteiger partial charge in [0.15, 0.2) is 0 Å². The van der Waals surface area contributed by atoms with Crippen LogP contribution in [0.3, 0.4) is 0 Å². The van der Waals surface area contributed by atoms with E-state index in [4.69, 9.17) is 4.74 Å². The van der Waals surface area contributed by atoms with E-state index in [2.05, 4.69) is 16.8 Å². The Bertz CT molecular complexity index is 1080. The third kappa shape index (κ3) is 5.93. The number of benzene rings is 1. The third-order valence-corrected chi connectivity index (χ3v) is 5.77. The van der Waals surface area contributed by atoms with Gasteiger partial charge >= 0.3 is 0 Å². The molecule has 0 radical (unpaired) electrons. The number of carbonyl (C=O) groups excluding carboxylic acids is 2. The zero-order valence-electron chi connectivity index (χ0n) is 19.9. The standard InChI is InChI=1S/C26H31N3O5/c1-17-14-29(18(2)16-30)26(33)22-12-20(11-10-19(3)31)13-27-24(22)34-23(17)15-28(4)25(32)21-8-6-5-7-9-21/h5-9,12-13,17-19,23,30-31H,14-16H2,1-4H3/t17-,18-,19-,23-/m1/s1. The van der Waals surface area contributed by atoms with Gasteiger partial charge < -0.3 is 24.7 Å². The predicted molar refractivity (Wildman–Crippen MR) is 127 cm³/mol. The van der Waals surface area contributed by atoms with Crippen molar-refractivity contribution in [1.29, 1.82) is 0 Å². The zero-order valence-corrected chi connectivity index (χ0v) is 19.9. The number of ether oxygens (including phenoxy) is 1. The number of pyridine rings is 1. The van der Waals surface area contributed by atoms with Gasteiger partial charge in [-0.2, -0.15) is 0 Å². The quantitative estimate of drug-likeness (QED) is 0.653. The molecule has 8 nitrogen and oxygen atoms in total. The maximum absolute atomic E-state index is 13.4. The highest BCUT2D eigenvalue weighted by Gasteiger charge is 2.34. The number of likely N-dealkylation sites (N-methyl/N-ethyl adjacent to an activating group) is 1. The number of hydrogen-bond donors (Lipinski definition) is 2. The molecule has 0 aliphatic carbocycles. The molecule has 2 aromatic rings. The van der Waals surface area contributed by atoms with Crippen LogP contribution in [-0.2, 0) is 0 Å². The van der Waals surface area contributed by atoms with E-state index < -0.39 is 18.2 Å². The van der Waals surface area contributed by atoms with Crippen LogP contribution in [0.2, 0.25) is 0 Å². The summed E-state index contributed by atoms with van der Waals surface area (Å²) in [7, 11) is 1.71. The van der Waals surface area contributed by atoms with Gasteiger partial charge in [0.1, 0.15) is 17.8 Å². The van der Waals surface area contributed by atoms with Gasteiger partial charge in [0.25, 0.3) is 11.8 Å². The smallest absolute Gasteiger partial charge is 0.259 e. The highest BCUT2D eigenvalue weighted by Crippen LogP contribution is 2.27. The Morgan fingerprint density at radius 2 is 2.03 bits per heavy atom. The van der Waals surface area contributed by atoms with Crippen LogP contribution in [0, 0.1) is 17.8 Å². The van der Waals surface area contributed by atoms with Crippen LogP contribution >= 0.6 is 0 Å². The lowest BCUT2D eigenvalue weighted by atomic mass is 9.99. The molecule has 180 valence electrons. The van der Waals surface area contributed by atoms with Gasteiger partial charge in [-0.05, 0) is 32.0 Å². The lowest BCUT2D eigenvalue weighted by molar-refractivity contribution is 0.0313. The number of aromatic nitrogens is 1. The summed E-state index contributed by atoms with van der Waals surface area (Å²) in [6, 6.07) is 10.2. The Hall–Kier alpha value is -3.41. The maximum atomic E-state index is 13.4. The van der Waals surface area contributed by atoms with Crippen LogP contribution in [0.4, 0.5) is 0 Å². The summed E-state index contributed by atoms with van der Waals surface area (Å²) in [6.07, 6.45) is 0.228. The van der Waals surface area contributed by atoms with E-state index >= 15 is 0 Å². The Morgan fingerprint density at radius 3 is 2.68 bits per heavy atom. The van der Waals surface area contributed by atoms with Gasteiger partial charge in [-0.1, -0.05) is 37.0 Å². The van der Waals surface area contributed by atoms with Gasteiger partial charge in [0.2, 0.25) is 5.88 Å². The van der Waals surface area contributed by atoms with Crippen molar-refractivity contribution in [2.75, 3.05) is 26.7 Å². The van der Waals surface area contributed by atoms with Gasteiger partial charge in [0.05, 0.1) is 19.2 Å². The van der Waals surface area contributed by atoms with Crippen LogP contribution in [-0.4, -0.2) is 81.8 Å². The van der Waals surface area contributed by atoms with Gasteiger partial charge in [-0.3, -0.25) is 9.59 Å². The molecular weight excluding hydrogens is 434 g/mol. The number of fused-ring (bicyclic) bond motifs is 1. The van der Waals surface area contributed by atoms with Crippen LogP contribution in [0.5, 0.6) is 5.88 Å². The first-order chi connectivity index (χ1) is 16.2. The van der Waals surface area contributed by atoms with Crippen LogP contribution in [0.15, 0.2) is 42.6 Å². The fourth-order valence-electron chi connectivity index (χ4n) is 3.73. The van der Waals surface area contributed by atoms with Crippen molar-refractivity contribution >= 4 is 11.8 Å². The lowest BCUT2D eigenvalue weighted by Gasteiger charge is -2.37. The number of hydrogen-bond acceptors (Lipinski definition) is 6. The van der Waals surface area contributed by atoms with E-state index in [-0.39, 0.29) is 42.3 Å². The molecule has 1 aromatic carbocycles. The molecule has 1 aromatic heterocycles. The van der Waals surface area contributed by atoms with Crippen molar-refractivity contribution in [1.82, 2.24) is 14.8 Å². The van der Waals surface area contributed by atoms with Crippen molar-refractivity contribution in [2.24, 2.45) is 5.92 Å². The van der Waals surface area contributed by atoms with Gasteiger partial charge in [0, 0.05) is 36.8 Å². The van der Waals surface area contributed by atoms with Crippen LogP contribution < -0.4 is 4.74 Å². The second kappa shape index (κ2) is 11.1. The third-order valence-electron chi connectivity index (χ3n) is 5.77. The van der Waals surface area contributed by atoms with E-state index in [9.17, 15) is 19.8 Å². The summed E-state index contributed by atoms with van der Waals surface area (Å²) in [5, 5.41) is 19.2. The Morgan fingerprint density at radius 1 is 1.32 bits per heavy atom. The van der Waals surface area contributed by atoms with Gasteiger partial charge in [-0.25, -0.2) is 4.98 Å². The molecule has 0 saturated carbocycles. The first kappa shape index (κ1) is 25.2. The minimum absolute atomic E-state index is 0.132. The summed E-state index contributed by atoms with van der Waals surface area (Å²) in [5.74, 6) is 5.00. The topological polar surface area (TPSA) is 103 Å². The molecule has 0 bridgehead atoms. The molecule has 0 spiro atoms. The second-order valence-electron chi connectivity index (χ2n) is 8.70. The van der Waals surface area contributed by atoms with E-state index in [1.54, 1.807) is 48.9 Å². The average molecular weight is 466 g/mol. The van der Waals surface area contributed by atoms with Crippen molar-refractivity contribution < 1.29 is 24.5 Å². The SMILES string of the molecule is C[C@@H]1CN([C@H](C)CO)C(=O)c2cc(C#C[C@@H](C)O)cnc2O[C@@H]1CN(C)C(=O)c1ccccc1. The number of rotatable bonds is 5. The monoisotopic (exact) mass is 465 g/mol. The minimum atomic E-state index is -0.817. The molecule has 8 heteroatoms. The first-order valence-electron chi connectivity index (χ1n) is 11.3. The Kier molecular flexibility index (Phi) is 8.26. The fourth-order valence-corrected chi connectivity index (χ4v) is 3.73. The van der Waals surface area contributed by atoms with E-state index in [0.717, 1.165) is 0 Å². The summed E-state index contributed by atoms with van der Waals surface area (Å²) in [4.78, 5) is 33.8. The first-order valence-corrected chi connectivity index (χ1v) is 11.3. The average Bonchev–Trinajstić information content (AvgIpc) is 2.84. The molecule has 4 atom stereocenters. The van der Waals surface area contributed by atoms with Crippen molar-refractivity contribution in [3.8, 4) is 17.7 Å². The number of amides is 2. The Labute approximate surface area is 200 Å². The largest absolute Gasteiger partial charge is 0.472 e. The number of carbonyl (C=O) groups is 2. The molecular formula is C26H31N3O5. The van der Waals surface area contributed by atoms with E-state index in [1.165, 1.54) is 6.20 Å². The molecule has 2 heterocycles. The predicted octanol–water partition coefficient (Wildman–Crippen LogP) is 1.81. The maximum Gasteiger partial charge on any atom is 0.259 e. The highest BCUT2D eigenvalue weighted by atomic mass is 16.5. The molecule has 0 saturated heterocycles. The molecule has 1 aliphatic heterocycles. The normalized spacial score (nSPS) is 19.5. The molecule has 0 unspecified atom stereocenters. The molecule has 2 amide bonds. The van der Waals surface area contributed by atoms with Crippen molar-refractivity contribution in [3.63, 3.8) is 0 Å². The minimum Gasteiger partial charge on any atom is -0.472 e. The Balaban J connectivity index is 1.95. The van der Waals surface area contributed by atoms with Gasteiger partial charge in [-0.15, -0.1) is 0 Å². The molecule has 34 heavy (non-hydrogen) atoms. The molecule has 0 fully saturated rings. The number of aliphatic hydroxyl groups is 2.